The first-order valence-corrected chi connectivity index (χ1v) is 9.28. The van der Waals surface area contributed by atoms with Crippen LogP contribution in [0.2, 0.25) is 0 Å². The van der Waals surface area contributed by atoms with Gasteiger partial charge in [0.2, 0.25) is 0 Å². The lowest BCUT2D eigenvalue weighted by atomic mass is 10.3. The summed E-state index contributed by atoms with van der Waals surface area (Å²) in [5, 5.41) is 0. The Hall–Kier alpha value is -0.660. The summed E-state index contributed by atoms with van der Waals surface area (Å²) >= 11 is 8.86. The van der Waals surface area contributed by atoms with Crippen LogP contribution in [0.25, 0.3) is 11.0 Å². The number of hydrogen-bond acceptors (Lipinski definition) is 3. The smallest absolute Gasteiger partial charge is 0.149 e. The first-order valence-electron chi connectivity index (χ1n) is 5.89. The predicted octanol–water partition coefficient (Wildman–Crippen LogP) is 2.76. The molecular formula is C12H13BrClFN2O2S. The molecule has 0 saturated heterocycles. The fourth-order valence-corrected chi connectivity index (χ4v) is 2.97. The van der Waals surface area contributed by atoms with Gasteiger partial charge in [-0.1, -0.05) is 0 Å². The number of sulfone groups is 1. The first kappa shape index (κ1) is 15.7. The van der Waals surface area contributed by atoms with Crippen molar-refractivity contribution < 1.29 is 12.8 Å². The highest BCUT2D eigenvalue weighted by molar-refractivity contribution is 9.10. The zero-order valence-corrected chi connectivity index (χ0v) is 13.9. The molecule has 0 N–H and O–H groups in total. The topological polar surface area (TPSA) is 52.0 Å². The monoisotopic (exact) mass is 382 g/mol. The minimum atomic E-state index is -3.09. The third kappa shape index (κ3) is 3.51. The molecule has 0 aliphatic carbocycles. The third-order valence-corrected chi connectivity index (χ3v) is 4.59. The number of halogens is 3. The lowest BCUT2D eigenvalue weighted by Gasteiger charge is -2.08. The van der Waals surface area contributed by atoms with Gasteiger partial charge in [0.15, 0.2) is 0 Å². The van der Waals surface area contributed by atoms with Gasteiger partial charge in [-0.15, -0.1) is 11.6 Å². The van der Waals surface area contributed by atoms with E-state index in [-0.39, 0.29) is 12.3 Å². The highest BCUT2D eigenvalue weighted by Gasteiger charge is 2.14. The van der Waals surface area contributed by atoms with Crippen molar-refractivity contribution in [1.82, 2.24) is 9.55 Å². The summed E-state index contributed by atoms with van der Waals surface area (Å²) in [6.45, 7) is 0.277. The molecule has 0 unspecified atom stereocenters. The molecule has 1 aromatic carbocycles. The van der Waals surface area contributed by atoms with Gasteiger partial charge in [0.1, 0.15) is 21.5 Å². The van der Waals surface area contributed by atoms with Crippen LogP contribution in [-0.2, 0) is 22.8 Å². The molecule has 0 saturated carbocycles. The van der Waals surface area contributed by atoms with Crippen molar-refractivity contribution in [3.63, 3.8) is 0 Å². The molecule has 1 heterocycles. The quantitative estimate of drug-likeness (QED) is 0.746. The number of hydrogen-bond donors (Lipinski definition) is 0. The molecule has 0 bridgehead atoms. The second-order valence-corrected chi connectivity index (χ2v) is 8.00. The number of nitrogens with zero attached hydrogens (tertiary/aromatic N) is 2. The molecule has 0 aliphatic heterocycles. The average molecular weight is 384 g/mol. The van der Waals surface area contributed by atoms with E-state index < -0.39 is 15.7 Å². The van der Waals surface area contributed by atoms with Gasteiger partial charge in [0.25, 0.3) is 0 Å². The van der Waals surface area contributed by atoms with Crippen LogP contribution in [0.4, 0.5) is 4.39 Å². The van der Waals surface area contributed by atoms with Crippen LogP contribution in [0.5, 0.6) is 0 Å². The summed E-state index contributed by atoms with van der Waals surface area (Å²) in [7, 11) is -3.09. The molecule has 0 amide bonds. The van der Waals surface area contributed by atoms with Crippen molar-refractivity contribution in [2.24, 2.45) is 0 Å². The molecule has 20 heavy (non-hydrogen) atoms. The SMILES string of the molecule is CS(=O)(=O)CCn1c(CCCl)nc2cc(F)c(Br)cc21. The zero-order valence-electron chi connectivity index (χ0n) is 10.7. The Labute approximate surface area is 130 Å². The van der Waals surface area contributed by atoms with Crippen LogP contribution in [0.15, 0.2) is 16.6 Å². The summed E-state index contributed by atoms with van der Waals surface area (Å²) in [6.07, 6.45) is 1.68. The van der Waals surface area contributed by atoms with Crippen molar-refractivity contribution in [2.75, 3.05) is 17.9 Å². The van der Waals surface area contributed by atoms with Crippen LogP contribution >= 0.6 is 27.5 Å². The molecule has 2 aromatic rings. The van der Waals surface area contributed by atoms with E-state index >= 15 is 0 Å². The van der Waals surface area contributed by atoms with Crippen molar-refractivity contribution in [3.05, 3.63) is 28.2 Å². The maximum atomic E-state index is 13.5. The molecule has 0 atom stereocenters. The fourth-order valence-electron chi connectivity index (χ4n) is 1.95. The second-order valence-electron chi connectivity index (χ2n) is 4.50. The van der Waals surface area contributed by atoms with Crippen molar-refractivity contribution >= 4 is 48.4 Å². The van der Waals surface area contributed by atoms with Gasteiger partial charge >= 0.3 is 0 Å². The molecule has 0 radical (unpaired) electrons. The van der Waals surface area contributed by atoms with Crippen molar-refractivity contribution in [3.8, 4) is 0 Å². The van der Waals surface area contributed by atoms with E-state index in [0.717, 1.165) is 0 Å². The standard InChI is InChI=1S/C12H13BrClFN2O2S/c1-20(18,19)5-4-17-11-6-8(13)9(15)7-10(11)16-12(17)2-3-14/h6-7H,2-5H2,1H3. The molecule has 2 rings (SSSR count). The third-order valence-electron chi connectivity index (χ3n) is 2.87. The fraction of sp³-hybridized carbons (Fsp3) is 0.417. The molecular weight excluding hydrogens is 371 g/mol. The maximum absolute atomic E-state index is 13.5. The number of aromatic nitrogens is 2. The number of imidazole rings is 1. The van der Waals surface area contributed by atoms with Gasteiger partial charge in [0, 0.05) is 31.2 Å². The Morgan fingerprint density at radius 1 is 1.45 bits per heavy atom. The Morgan fingerprint density at radius 3 is 2.75 bits per heavy atom. The van der Waals surface area contributed by atoms with E-state index in [4.69, 9.17) is 11.6 Å². The van der Waals surface area contributed by atoms with E-state index in [9.17, 15) is 12.8 Å². The van der Waals surface area contributed by atoms with Gasteiger partial charge < -0.3 is 4.57 Å². The van der Waals surface area contributed by atoms with E-state index in [1.54, 1.807) is 10.6 Å². The van der Waals surface area contributed by atoms with Gasteiger partial charge in [-0.2, -0.15) is 0 Å². The van der Waals surface area contributed by atoms with Crippen LogP contribution in [0.1, 0.15) is 5.82 Å². The number of rotatable bonds is 5. The predicted molar refractivity (Wildman–Crippen MR) is 81.5 cm³/mol. The molecule has 0 spiro atoms. The Balaban J connectivity index is 2.52. The number of fused-ring (bicyclic) bond motifs is 1. The number of alkyl halides is 1. The van der Waals surface area contributed by atoms with Gasteiger partial charge in [-0.25, -0.2) is 17.8 Å². The molecule has 1 aromatic heterocycles. The Kier molecular flexibility index (Phi) is 4.71. The van der Waals surface area contributed by atoms with Crippen LogP contribution in [0.3, 0.4) is 0 Å². The normalized spacial score (nSPS) is 12.2. The summed E-state index contributed by atoms with van der Waals surface area (Å²) in [5.41, 5.74) is 1.20. The second kappa shape index (κ2) is 5.99. The van der Waals surface area contributed by atoms with Gasteiger partial charge in [-0.05, 0) is 22.0 Å². The highest BCUT2D eigenvalue weighted by atomic mass is 79.9. The summed E-state index contributed by atoms with van der Waals surface area (Å²) in [6, 6.07) is 2.94. The first-order chi connectivity index (χ1) is 9.31. The van der Waals surface area contributed by atoms with Crippen molar-refractivity contribution in [1.29, 1.82) is 0 Å². The average Bonchev–Trinajstić information content (AvgIpc) is 2.64. The van der Waals surface area contributed by atoms with Crippen molar-refractivity contribution in [2.45, 2.75) is 13.0 Å². The van der Waals surface area contributed by atoms with E-state index in [1.807, 2.05) is 0 Å². The Bertz CT molecular complexity index is 745. The molecule has 0 aliphatic rings. The van der Waals surface area contributed by atoms with E-state index in [2.05, 4.69) is 20.9 Å². The van der Waals surface area contributed by atoms with Gasteiger partial charge in [0.05, 0.1) is 21.3 Å². The minimum Gasteiger partial charge on any atom is -0.327 e. The summed E-state index contributed by atoms with van der Waals surface area (Å²) in [4.78, 5) is 4.33. The summed E-state index contributed by atoms with van der Waals surface area (Å²) in [5.74, 6) is 0.632. The number of benzene rings is 1. The van der Waals surface area contributed by atoms with Crippen LogP contribution < -0.4 is 0 Å². The van der Waals surface area contributed by atoms with E-state index in [1.165, 1.54) is 12.3 Å². The molecule has 4 nitrogen and oxygen atoms in total. The lowest BCUT2D eigenvalue weighted by molar-refractivity contribution is 0.593. The molecule has 110 valence electrons. The minimum absolute atomic E-state index is 0.00272. The largest absolute Gasteiger partial charge is 0.327 e. The molecule has 0 fully saturated rings. The Morgan fingerprint density at radius 2 is 2.15 bits per heavy atom. The van der Waals surface area contributed by atoms with E-state index in [0.29, 0.717) is 33.6 Å². The number of aryl methyl sites for hydroxylation is 2. The van der Waals surface area contributed by atoms with Gasteiger partial charge in [-0.3, -0.25) is 0 Å². The van der Waals surface area contributed by atoms with Crippen LogP contribution in [-0.4, -0.2) is 35.9 Å². The van der Waals surface area contributed by atoms with Crippen LogP contribution in [0, 0.1) is 5.82 Å². The summed E-state index contributed by atoms with van der Waals surface area (Å²) < 4.78 is 38.3. The maximum Gasteiger partial charge on any atom is 0.149 e. The highest BCUT2D eigenvalue weighted by Crippen LogP contribution is 2.24. The molecule has 8 heteroatoms. The lowest BCUT2D eigenvalue weighted by Crippen LogP contribution is -2.13. The zero-order chi connectivity index (χ0) is 14.9.